The molecule has 0 aromatic carbocycles. The minimum atomic E-state index is -0.0792. The summed E-state index contributed by atoms with van der Waals surface area (Å²) >= 11 is 0. The van der Waals surface area contributed by atoms with Crippen LogP contribution in [0.2, 0.25) is 0 Å². The summed E-state index contributed by atoms with van der Waals surface area (Å²) in [7, 11) is 0. The molecule has 2 aliphatic carbocycles. The number of rotatable bonds is 6. The van der Waals surface area contributed by atoms with Crippen molar-refractivity contribution in [1.82, 2.24) is 0 Å². The third kappa shape index (κ3) is 2.88. The molecule has 2 heteroatoms. The lowest BCUT2D eigenvalue weighted by atomic mass is 9.62. The van der Waals surface area contributed by atoms with E-state index < -0.39 is 0 Å². The van der Waals surface area contributed by atoms with Gasteiger partial charge in [-0.3, -0.25) is 0 Å². The van der Waals surface area contributed by atoms with Crippen molar-refractivity contribution in [1.29, 1.82) is 5.26 Å². The second-order valence-electron chi connectivity index (χ2n) is 6.52. The van der Waals surface area contributed by atoms with Gasteiger partial charge in [0, 0.05) is 5.92 Å². The van der Waals surface area contributed by atoms with Gasteiger partial charge in [-0.25, -0.2) is 0 Å². The van der Waals surface area contributed by atoms with Gasteiger partial charge in [-0.15, -0.1) is 0 Å². The normalized spacial score (nSPS) is 31.6. The Morgan fingerprint density at radius 1 is 1.39 bits per heavy atom. The quantitative estimate of drug-likeness (QED) is 0.772. The van der Waals surface area contributed by atoms with Gasteiger partial charge in [-0.2, -0.15) is 5.26 Å². The average Bonchev–Trinajstić information content (AvgIpc) is 2.76. The summed E-state index contributed by atoms with van der Waals surface area (Å²) in [6.07, 6.45) is 11.6. The Balaban J connectivity index is 1.65. The molecule has 1 N–H and O–H groups in total. The Bertz CT molecular complexity index is 297. The first-order chi connectivity index (χ1) is 8.70. The fourth-order valence-electron chi connectivity index (χ4n) is 3.91. The van der Waals surface area contributed by atoms with Crippen LogP contribution in [0.15, 0.2) is 0 Å². The summed E-state index contributed by atoms with van der Waals surface area (Å²) in [5.74, 6) is 1.06. The predicted octanol–water partition coefficient (Wildman–Crippen LogP) is 4.04. The smallest absolute Gasteiger partial charge is 0.0655 e. The number of nitrogens with zero attached hydrogens (tertiary/aromatic N) is 1. The maximum atomic E-state index is 10.3. The van der Waals surface area contributed by atoms with Crippen molar-refractivity contribution in [3.8, 4) is 6.07 Å². The molecule has 18 heavy (non-hydrogen) atoms. The highest BCUT2D eigenvalue weighted by molar-refractivity contribution is 4.93. The minimum absolute atomic E-state index is 0.0792. The minimum Gasteiger partial charge on any atom is -0.393 e. The lowest BCUT2D eigenvalue weighted by molar-refractivity contribution is -0.0435. The van der Waals surface area contributed by atoms with Crippen LogP contribution in [0.4, 0.5) is 0 Å². The van der Waals surface area contributed by atoms with Crippen molar-refractivity contribution in [2.24, 2.45) is 17.3 Å². The Hall–Kier alpha value is -0.550. The van der Waals surface area contributed by atoms with E-state index in [-0.39, 0.29) is 11.5 Å². The maximum absolute atomic E-state index is 10.3. The van der Waals surface area contributed by atoms with E-state index in [0.29, 0.717) is 5.92 Å². The average molecular weight is 249 g/mol. The van der Waals surface area contributed by atoms with Gasteiger partial charge < -0.3 is 5.11 Å². The summed E-state index contributed by atoms with van der Waals surface area (Å²) in [6, 6.07) is 2.40. The molecule has 0 saturated heterocycles. The molecule has 0 spiro atoms. The van der Waals surface area contributed by atoms with E-state index in [1.165, 1.54) is 32.1 Å². The topological polar surface area (TPSA) is 44.0 Å². The third-order valence-corrected chi connectivity index (χ3v) is 5.57. The predicted molar refractivity (Wildman–Crippen MR) is 72.9 cm³/mol. The first kappa shape index (κ1) is 13.9. The van der Waals surface area contributed by atoms with E-state index in [0.717, 1.165) is 38.0 Å². The number of hydrogen-bond donors (Lipinski definition) is 1. The standard InChI is InChI=1S/C16H27NO/c1-2-16(9-4-10-16)15(18)6-3-5-13-7-8-14(11-13)12-17/h13-15,18H,2-11H2,1H3/t13-,14+,15?/m0/s1. The van der Waals surface area contributed by atoms with E-state index in [1.54, 1.807) is 0 Å². The van der Waals surface area contributed by atoms with Crippen LogP contribution in [0.1, 0.15) is 71.1 Å². The molecule has 0 aromatic rings. The summed E-state index contributed by atoms with van der Waals surface area (Å²) in [6.45, 7) is 2.22. The zero-order valence-electron chi connectivity index (χ0n) is 11.7. The Morgan fingerprint density at radius 3 is 2.67 bits per heavy atom. The fourth-order valence-corrected chi connectivity index (χ4v) is 3.91. The van der Waals surface area contributed by atoms with Gasteiger partial charge in [-0.05, 0) is 56.3 Å². The van der Waals surface area contributed by atoms with Gasteiger partial charge in [0.1, 0.15) is 0 Å². The lowest BCUT2D eigenvalue weighted by Gasteiger charge is -2.45. The molecule has 0 radical (unpaired) electrons. The van der Waals surface area contributed by atoms with E-state index >= 15 is 0 Å². The molecular weight excluding hydrogens is 222 g/mol. The SMILES string of the molecule is CCC1(C(O)CCC[C@H]2CC[C@@H](C#N)C2)CCC1. The van der Waals surface area contributed by atoms with Crippen molar-refractivity contribution in [2.75, 3.05) is 0 Å². The summed E-state index contributed by atoms with van der Waals surface area (Å²) in [5, 5.41) is 19.2. The van der Waals surface area contributed by atoms with Crippen molar-refractivity contribution in [3.63, 3.8) is 0 Å². The molecule has 3 atom stereocenters. The molecule has 0 bridgehead atoms. The molecule has 102 valence electrons. The third-order valence-electron chi connectivity index (χ3n) is 5.57. The van der Waals surface area contributed by atoms with Crippen LogP contribution in [0.25, 0.3) is 0 Å². The van der Waals surface area contributed by atoms with Crippen LogP contribution in [0.5, 0.6) is 0 Å². The summed E-state index contributed by atoms with van der Waals surface area (Å²) < 4.78 is 0. The number of hydrogen-bond acceptors (Lipinski definition) is 2. The zero-order valence-corrected chi connectivity index (χ0v) is 11.7. The number of aliphatic hydroxyl groups is 1. The zero-order chi connectivity index (χ0) is 13.0. The monoisotopic (exact) mass is 249 g/mol. The highest BCUT2D eigenvalue weighted by atomic mass is 16.3. The molecule has 2 rings (SSSR count). The van der Waals surface area contributed by atoms with E-state index in [2.05, 4.69) is 13.0 Å². The molecule has 0 aliphatic heterocycles. The van der Waals surface area contributed by atoms with E-state index in [1.807, 2.05) is 0 Å². The molecular formula is C16H27NO. The van der Waals surface area contributed by atoms with Crippen LogP contribution in [-0.2, 0) is 0 Å². The summed E-state index contributed by atoms with van der Waals surface area (Å²) in [5.41, 5.74) is 0.269. The molecule has 2 nitrogen and oxygen atoms in total. The highest BCUT2D eigenvalue weighted by Crippen LogP contribution is 2.48. The van der Waals surface area contributed by atoms with Crippen LogP contribution in [0, 0.1) is 28.6 Å². The van der Waals surface area contributed by atoms with Crippen molar-refractivity contribution < 1.29 is 5.11 Å². The van der Waals surface area contributed by atoms with Gasteiger partial charge in [0.2, 0.25) is 0 Å². The van der Waals surface area contributed by atoms with Gasteiger partial charge >= 0.3 is 0 Å². The van der Waals surface area contributed by atoms with Crippen LogP contribution >= 0.6 is 0 Å². The van der Waals surface area contributed by atoms with E-state index in [4.69, 9.17) is 5.26 Å². The largest absolute Gasteiger partial charge is 0.393 e. The van der Waals surface area contributed by atoms with Gasteiger partial charge in [-0.1, -0.05) is 26.2 Å². The van der Waals surface area contributed by atoms with Gasteiger partial charge in [0.15, 0.2) is 0 Å². The number of nitriles is 1. The van der Waals surface area contributed by atoms with Crippen LogP contribution < -0.4 is 0 Å². The molecule has 1 unspecified atom stereocenters. The van der Waals surface area contributed by atoms with Crippen molar-refractivity contribution >= 4 is 0 Å². The molecule has 2 fully saturated rings. The number of aliphatic hydroxyl groups excluding tert-OH is 1. The molecule has 2 saturated carbocycles. The van der Waals surface area contributed by atoms with E-state index in [9.17, 15) is 5.11 Å². The molecule has 0 heterocycles. The molecule has 0 aromatic heterocycles. The van der Waals surface area contributed by atoms with Gasteiger partial charge in [0.25, 0.3) is 0 Å². The second-order valence-corrected chi connectivity index (χ2v) is 6.52. The Labute approximate surface area is 111 Å². The first-order valence-corrected chi connectivity index (χ1v) is 7.78. The Kier molecular flexibility index (Phi) is 4.67. The van der Waals surface area contributed by atoms with Crippen molar-refractivity contribution in [3.05, 3.63) is 0 Å². The van der Waals surface area contributed by atoms with Crippen LogP contribution in [-0.4, -0.2) is 11.2 Å². The molecule has 2 aliphatic rings. The fraction of sp³-hybridized carbons (Fsp3) is 0.938. The second kappa shape index (κ2) is 6.06. The summed E-state index contributed by atoms with van der Waals surface area (Å²) in [4.78, 5) is 0. The highest BCUT2D eigenvalue weighted by Gasteiger charge is 2.41. The maximum Gasteiger partial charge on any atom is 0.0655 e. The Morgan fingerprint density at radius 2 is 2.17 bits per heavy atom. The van der Waals surface area contributed by atoms with Crippen molar-refractivity contribution in [2.45, 2.75) is 77.2 Å². The van der Waals surface area contributed by atoms with Gasteiger partial charge in [0.05, 0.1) is 12.2 Å². The lowest BCUT2D eigenvalue weighted by Crippen LogP contribution is -2.40. The molecule has 0 amide bonds. The first-order valence-electron chi connectivity index (χ1n) is 7.78. The van der Waals surface area contributed by atoms with Crippen LogP contribution in [0.3, 0.4) is 0 Å².